The van der Waals surface area contributed by atoms with Gasteiger partial charge in [-0.15, -0.1) is 0 Å². The largest absolute Gasteiger partial charge is 0.302 e. The van der Waals surface area contributed by atoms with Crippen LogP contribution < -0.4 is 0 Å². The van der Waals surface area contributed by atoms with Crippen LogP contribution >= 0.6 is 11.3 Å². The lowest BCUT2D eigenvalue weighted by atomic mass is 9.92. The Labute approximate surface area is 138 Å². The molecule has 1 aromatic rings. The van der Waals surface area contributed by atoms with E-state index in [1.807, 2.05) is 11.3 Å². The van der Waals surface area contributed by atoms with Crippen LogP contribution in [-0.2, 0) is 6.54 Å². The minimum atomic E-state index is 0.800. The van der Waals surface area contributed by atoms with Crippen molar-refractivity contribution in [2.24, 2.45) is 5.92 Å². The Balaban J connectivity index is 1.34. The summed E-state index contributed by atoms with van der Waals surface area (Å²) in [5.74, 6) is 0.894. The first-order valence-corrected chi connectivity index (χ1v) is 9.91. The Hall–Kier alpha value is -0.420. The molecule has 22 heavy (non-hydrogen) atoms. The molecule has 3 fully saturated rings. The molecule has 4 heteroatoms. The minimum absolute atomic E-state index is 0.800. The second-order valence-electron chi connectivity index (χ2n) is 7.55. The van der Waals surface area contributed by atoms with E-state index < -0.39 is 0 Å². The van der Waals surface area contributed by atoms with Gasteiger partial charge in [0, 0.05) is 31.7 Å². The molecular weight excluding hydrogens is 290 g/mol. The molecule has 3 saturated heterocycles. The molecule has 1 aromatic heterocycles. The zero-order chi connectivity index (χ0) is 14.9. The molecule has 4 heterocycles. The van der Waals surface area contributed by atoms with E-state index in [2.05, 4.69) is 38.6 Å². The second-order valence-corrected chi connectivity index (χ2v) is 8.33. The van der Waals surface area contributed by atoms with Crippen molar-refractivity contribution in [3.63, 3.8) is 0 Å². The van der Waals surface area contributed by atoms with Crippen LogP contribution in [0.2, 0.25) is 0 Å². The third-order valence-electron chi connectivity index (χ3n) is 6.11. The van der Waals surface area contributed by atoms with Crippen molar-refractivity contribution < 1.29 is 0 Å². The molecular formula is C18H29N3S. The zero-order valence-electron chi connectivity index (χ0n) is 13.8. The van der Waals surface area contributed by atoms with Crippen LogP contribution in [0.25, 0.3) is 0 Å². The number of hydrogen-bond acceptors (Lipinski definition) is 4. The zero-order valence-corrected chi connectivity index (χ0v) is 14.6. The average molecular weight is 320 g/mol. The number of hydrogen-bond donors (Lipinski definition) is 0. The fraction of sp³-hybridized carbons (Fsp3) is 0.778. The molecule has 3 aliphatic rings. The summed E-state index contributed by atoms with van der Waals surface area (Å²) in [6, 6.07) is 3.92. The van der Waals surface area contributed by atoms with Gasteiger partial charge in [-0.1, -0.05) is 0 Å². The van der Waals surface area contributed by atoms with Crippen LogP contribution in [0.5, 0.6) is 0 Å². The maximum atomic E-state index is 2.73. The van der Waals surface area contributed by atoms with Crippen molar-refractivity contribution in [1.29, 1.82) is 0 Å². The quantitative estimate of drug-likeness (QED) is 0.845. The average Bonchev–Trinajstić information content (AvgIpc) is 3.24. The SMILES string of the molecule is CN1[C@@H](CN2CCCC2)C[C@H]2CN(Cc3ccsc3)CC[C@H]21. The molecule has 0 aromatic carbocycles. The van der Waals surface area contributed by atoms with Crippen LogP contribution in [0, 0.1) is 5.92 Å². The molecule has 4 rings (SSSR count). The van der Waals surface area contributed by atoms with E-state index in [0.29, 0.717) is 0 Å². The predicted molar refractivity (Wildman–Crippen MR) is 93.3 cm³/mol. The van der Waals surface area contributed by atoms with Crippen LogP contribution in [0.3, 0.4) is 0 Å². The van der Waals surface area contributed by atoms with Gasteiger partial charge in [-0.05, 0) is 80.7 Å². The predicted octanol–water partition coefficient (Wildman–Crippen LogP) is 2.74. The summed E-state index contributed by atoms with van der Waals surface area (Å²) in [7, 11) is 2.39. The number of likely N-dealkylation sites (N-methyl/N-ethyl adjacent to an activating group) is 1. The van der Waals surface area contributed by atoms with Crippen LogP contribution in [-0.4, -0.2) is 66.6 Å². The molecule has 0 unspecified atom stereocenters. The maximum absolute atomic E-state index is 2.73. The smallest absolute Gasteiger partial charge is 0.0242 e. The fourth-order valence-electron chi connectivity index (χ4n) is 4.90. The van der Waals surface area contributed by atoms with Crippen LogP contribution in [0.4, 0.5) is 0 Å². The summed E-state index contributed by atoms with van der Waals surface area (Å²) in [6.45, 7) is 7.73. The summed E-state index contributed by atoms with van der Waals surface area (Å²) in [5.41, 5.74) is 1.50. The molecule has 0 spiro atoms. The van der Waals surface area contributed by atoms with E-state index in [4.69, 9.17) is 0 Å². The maximum Gasteiger partial charge on any atom is 0.0242 e. The van der Waals surface area contributed by atoms with Gasteiger partial charge in [-0.2, -0.15) is 11.3 Å². The van der Waals surface area contributed by atoms with Crippen molar-refractivity contribution in [3.8, 4) is 0 Å². The van der Waals surface area contributed by atoms with Gasteiger partial charge in [0.1, 0.15) is 0 Å². The van der Waals surface area contributed by atoms with Crippen molar-refractivity contribution in [3.05, 3.63) is 22.4 Å². The third-order valence-corrected chi connectivity index (χ3v) is 6.84. The molecule has 3 atom stereocenters. The van der Waals surface area contributed by atoms with E-state index in [-0.39, 0.29) is 0 Å². The van der Waals surface area contributed by atoms with Gasteiger partial charge in [0.15, 0.2) is 0 Å². The lowest BCUT2D eigenvalue weighted by Crippen LogP contribution is -2.46. The standard InChI is InChI=1S/C18H29N3S/c1-19-17(13-20-6-2-3-7-20)10-16-12-21(8-4-18(16)19)11-15-5-9-22-14-15/h5,9,14,16-18H,2-4,6-8,10-13H2,1H3/t16-,17+,18+/m0/s1. The van der Waals surface area contributed by atoms with Crippen molar-refractivity contribution in [2.75, 3.05) is 39.8 Å². The second kappa shape index (κ2) is 6.60. The third kappa shape index (κ3) is 3.12. The van der Waals surface area contributed by atoms with E-state index in [1.54, 1.807) is 0 Å². The van der Waals surface area contributed by atoms with E-state index in [0.717, 1.165) is 24.5 Å². The van der Waals surface area contributed by atoms with Gasteiger partial charge < -0.3 is 4.90 Å². The molecule has 0 bridgehead atoms. The lowest BCUT2D eigenvalue weighted by Gasteiger charge is -2.37. The number of rotatable bonds is 4. The monoisotopic (exact) mass is 319 g/mol. The number of thiophene rings is 1. The molecule has 0 aliphatic carbocycles. The van der Waals surface area contributed by atoms with Crippen LogP contribution in [0.1, 0.15) is 31.2 Å². The summed E-state index contributed by atoms with van der Waals surface area (Å²) in [5, 5.41) is 4.51. The first-order valence-electron chi connectivity index (χ1n) is 8.97. The Morgan fingerprint density at radius 1 is 1.18 bits per heavy atom. The molecule has 0 radical (unpaired) electrons. The van der Waals surface area contributed by atoms with Crippen molar-refractivity contribution in [1.82, 2.24) is 14.7 Å². The van der Waals surface area contributed by atoms with E-state index in [9.17, 15) is 0 Å². The summed E-state index contributed by atoms with van der Waals surface area (Å²) >= 11 is 1.83. The van der Waals surface area contributed by atoms with E-state index >= 15 is 0 Å². The Morgan fingerprint density at radius 3 is 2.82 bits per heavy atom. The first kappa shape index (κ1) is 15.1. The summed E-state index contributed by atoms with van der Waals surface area (Å²) in [6.07, 6.45) is 5.61. The highest BCUT2D eigenvalue weighted by Crippen LogP contribution is 2.35. The number of fused-ring (bicyclic) bond motifs is 1. The fourth-order valence-corrected chi connectivity index (χ4v) is 5.56. The molecule has 122 valence electrons. The number of likely N-dealkylation sites (tertiary alicyclic amines) is 3. The topological polar surface area (TPSA) is 9.72 Å². The minimum Gasteiger partial charge on any atom is -0.302 e. The highest BCUT2D eigenvalue weighted by molar-refractivity contribution is 7.07. The molecule has 0 saturated carbocycles. The molecule has 0 N–H and O–H groups in total. The molecule has 3 nitrogen and oxygen atoms in total. The Morgan fingerprint density at radius 2 is 2.05 bits per heavy atom. The van der Waals surface area contributed by atoms with Gasteiger partial charge in [0.05, 0.1) is 0 Å². The summed E-state index contributed by atoms with van der Waals surface area (Å²) in [4.78, 5) is 8.11. The lowest BCUT2D eigenvalue weighted by molar-refractivity contribution is 0.107. The van der Waals surface area contributed by atoms with E-state index in [1.165, 1.54) is 64.0 Å². The van der Waals surface area contributed by atoms with Gasteiger partial charge in [0.2, 0.25) is 0 Å². The van der Waals surface area contributed by atoms with Gasteiger partial charge in [-0.3, -0.25) is 9.80 Å². The number of nitrogens with zero attached hydrogens (tertiary/aromatic N) is 3. The molecule has 3 aliphatic heterocycles. The molecule has 0 amide bonds. The highest BCUT2D eigenvalue weighted by Gasteiger charge is 2.42. The highest BCUT2D eigenvalue weighted by atomic mass is 32.1. The van der Waals surface area contributed by atoms with Gasteiger partial charge >= 0.3 is 0 Å². The Bertz CT molecular complexity index is 469. The Kier molecular flexibility index (Phi) is 4.54. The number of piperidine rings is 1. The van der Waals surface area contributed by atoms with Crippen molar-refractivity contribution in [2.45, 2.75) is 44.3 Å². The first-order chi connectivity index (χ1) is 10.8. The van der Waals surface area contributed by atoms with Gasteiger partial charge in [0.25, 0.3) is 0 Å². The summed E-state index contributed by atoms with van der Waals surface area (Å²) < 4.78 is 0. The van der Waals surface area contributed by atoms with Crippen LogP contribution in [0.15, 0.2) is 16.8 Å². The normalized spacial score (nSPS) is 34.3. The van der Waals surface area contributed by atoms with Crippen molar-refractivity contribution >= 4 is 11.3 Å². The van der Waals surface area contributed by atoms with Gasteiger partial charge in [-0.25, -0.2) is 0 Å².